The summed E-state index contributed by atoms with van der Waals surface area (Å²) < 4.78 is 35.5. The Morgan fingerprint density at radius 3 is 2.29 bits per heavy atom. The first-order chi connectivity index (χ1) is 11.3. The number of hydrogen-bond donors (Lipinski definition) is 1. The third-order valence-electron chi connectivity index (χ3n) is 3.64. The highest BCUT2D eigenvalue weighted by Gasteiger charge is 2.21. The molecule has 128 valence electrons. The van der Waals surface area contributed by atoms with Gasteiger partial charge in [0.15, 0.2) is 0 Å². The second kappa shape index (κ2) is 8.06. The van der Waals surface area contributed by atoms with E-state index in [0.29, 0.717) is 12.0 Å². The van der Waals surface area contributed by atoms with Crippen LogP contribution in [0.5, 0.6) is 0 Å². The summed E-state index contributed by atoms with van der Waals surface area (Å²) in [7, 11) is -3.14. The number of amides is 1. The SMILES string of the molecule is CS(=O)(=O)CCNC(=O)C(Cc1ccccc1)c1ccc(F)cc1. The van der Waals surface area contributed by atoms with Crippen molar-refractivity contribution in [3.05, 3.63) is 71.5 Å². The van der Waals surface area contributed by atoms with Crippen LogP contribution in [-0.2, 0) is 21.1 Å². The van der Waals surface area contributed by atoms with Gasteiger partial charge in [-0.1, -0.05) is 42.5 Å². The zero-order valence-corrected chi connectivity index (χ0v) is 14.2. The van der Waals surface area contributed by atoms with E-state index in [0.717, 1.165) is 11.8 Å². The van der Waals surface area contributed by atoms with E-state index in [2.05, 4.69) is 5.32 Å². The van der Waals surface area contributed by atoms with Crippen LogP contribution in [0, 0.1) is 5.82 Å². The van der Waals surface area contributed by atoms with Crippen molar-refractivity contribution in [2.45, 2.75) is 12.3 Å². The van der Waals surface area contributed by atoms with Gasteiger partial charge in [0.2, 0.25) is 5.91 Å². The molecular weight excluding hydrogens is 329 g/mol. The minimum Gasteiger partial charge on any atom is -0.355 e. The lowest BCUT2D eigenvalue weighted by Gasteiger charge is -2.17. The Balaban J connectivity index is 2.15. The first-order valence-electron chi connectivity index (χ1n) is 7.60. The van der Waals surface area contributed by atoms with E-state index in [4.69, 9.17) is 0 Å². The molecule has 0 spiro atoms. The van der Waals surface area contributed by atoms with Crippen LogP contribution >= 0.6 is 0 Å². The fourth-order valence-electron chi connectivity index (χ4n) is 2.39. The molecule has 0 heterocycles. The van der Waals surface area contributed by atoms with Gasteiger partial charge >= 0.3 is 0 Å². The largest absolute Gasteiger partial charge is 0.355 e. The molecule has 0 aliphatic rings. The molecule has 24 heavy (non-hydrogen) atoms. The van der Waals surface area contributed by atoms with Gasteiger partial charge in [-0.3, -0.25) is 4.79 Å². The minimum absolute atomic E-state index is 0.0597. The van der Waals surface area contributed by atoms with Gasteiger partial charge in [0.05, 0.1) is 11.7 Å². The van der Waals surface area contributed by atoms with Crippen molar-refractivity contribution >= 4 is 15.7 Å². The van der Waals surface area contributed by atoms with Crippen molar-refractivity contribution < 1.29 is 17.6 Å². The van der Waals surface area contributed by atoms with E-state index >= 15 is 0 Å². The predicted octanol–water partition coefficient (Wildman–Crippen LogP) is 2.31. The number of carbonyl (C=O) groups is 1. The van der Waals surface area contributed by atoms with E-state index in [1.165, 1.54) is 12.1 Å². The Labute approximate surface area is 141 Å². The summed E-state index contributed by atoms with van der Waals surface area (Å²) in [5, 5.41) is 2.66. The zero-order chi connectivity index (χ0) is 17.6. The average molecular weight is 349 g/mol. The van der Waals surface area contributed by atoms with Gasteiger partial charge in [-0.05, 0) is 29.7 Å². The highest BCUT2D eigenvalue weighted by molar-refractivity contribution is 7.90. The van der Waals surface area contributed by atoms with Crippen LogP contribution in [0.3, 0.4) is 0 Å². The fourth-order valence-corrected chi connectivity index (χ4v) is 2.86. The quantitative estimate of drug-likeness (QED) is 0.834. The maximum absolute atomic E-state index is 13.1. The molecular formula is C18H20FNO3S. The molecule has 0 saturated carbocycles. The van der Waals surface area contributed by atoms with Gasteiger partial charge < -0.3 is 5.32 Å². The third-order valence-corrected chi connectivity index (χ3v) is 4.59. The average Bonchev–Trinajstić information content (AvgIpc) is 2.53. The van der Waals surface area contributed by atoms with Gasteiger partial charge in [0, 0.05) is 12.8 Å². The molecule has 2 aromatic rings. The van der Waals surface area contributed by atoms with E-state index in [1.54, 1.807) is 12.1 Å². The van der Waals surface area contributed by atoms with Crippen LogP contribution in [-0.4, -0.2) is 32.9 Å². The maximum atomic E-state index is 13.1. The summed E-state index contributed by atoms with van der Waals surface area (Å²) in [4.78, 5) is 12.5. The molecule has 1 atom stereocenters. The number of rotatable bonds is 7. The molecule has 2 aromatic carbocycles. The Kier molecular flexibility index (Phi) is 6.09. The highest BCUT2D eigenvalue weighted by Crippen LogP contribution is 2.21. The molecule has 0 aromatic heterocycles. The van der Waals surface area contributed by atoms with E-state index in [9.17, 15) is 17.6 Å². The van der Waals surface area contributed by atoms with Crippen molar-refractivity contribution in [3.8, 4) is 0 Å². The summed E-state index contributed by atoms with van der Waals surface area (Å²) >= 11 is 0. The lowest BCUT2D eigenvalue weighted by molar-refractivity contribution is -0.122. The van der Waals surface area contributed by atoms with Gasteiger partial charge in [0.1, 0.15) is 15.7 Å². The molecule has 0 aliphatic carbocycles. The van der Waals surface area contributed by atoms with Gasteiger partial charge in [-0.2, -0.15) is 0 Å². The number of nitrogens with one attached hydrogen (secondary N) is 1. The molecule has 0 bridgehead atoms. The standard InChI is InChI=1S/C18H20FNO3S/c1-24(22,23)12-11-20-18(21)17(13-14-5-3-2-4-6-14)15-7-9-16(19)10-8-15/h2-10,17H,11-13H2,1H3,(H,20,21). The number of sulfone groups is 1. The lowest BCUT2D eigenvalue weighted by Crippen LogP contribution is -2.34. The van der Waals surface area contributed by atoms with Gasteiger partial charge in [-0.25, -0.2) is 12.8 Å². The maximum Gasteiger partial charge on any atom is 0.227 e. The van der Waals surface area contributed by atoms with Crippen molar-refractivity contribution in [3.63, 3.8) is 0 Å². The van der Waals surface area contributed by atoms with Gasteiger partial charge in [0.25, 0.3) is 0 Å². The summed E-state index contributed by atoms with van der Waals surface area (Å²) in [6.45, 7) is 0.0597. The molecule has 0 aliphatic heterocycles. The molecule has 2 rings (SSSR count). The lowest BCUT2D eigenvalue weighted by atomic mass is 9.91. The zero-order valence-electron chi connectivity index (χ0n) is 13.4. The first kappa shape index (κ1) is 18.1. The summed E-state index contributed by atoms with van der Waals surface area (Å²) in [6, 6.07) is 15.3. The summed E-state index contributed by atoms with van der Waals surface area (Å²) in [6.07, 6.45) is 1.58. The van der Waals surface area contributed by atoms with Crippen molar-refractivity contribution in [1.29, 1.82) is 0 Å². The Hall–Kier alpha value is -2.21. The summed E-state index contributed by atoms with van der Waals surface area (Å²) in [5.41, 5.74) is 1.67. The Morgan fingerprint density at radius 1 is 1.08 bits per heavy atom. The van der Waals surface area contributed by atoms with Crippen molar-refractivity contribution in [2.75, 3.05) is 18.6 Å². The van der Waals surface area contributed by atoms with E-state index in [-0.39, 0.29) is 24.0 Å². The van der Waals surface area contributed by atoms with Crippen molar-refractivity contribution in [2.24, 2.45) is 0 Å². The van der Waals surface area contributed by atoms with Crippen LogP contribution in [0.25, 0.3) is 0 Å². The fraction of sp³-hybridized carbons (Fsp3) is 0.278. The molecule has 1 N–H and O–H groups in total. The minimum atomic E-state index is -3.14. The van der Waals surface area contributed by atoms with Crippen LogP contribution < -0.4 is 5.32 Å². The van der Waals surface area contributed by atoms with Crippen LogP contribution in [0.2, 0.25) is 0 Å². The second-order valence-electron chi connectivity index (χ2n) is 5.71. The number of carbonyl (C=O) groups excluding carboxylic acids is 1. The topological polar surface area (TPSA) is 63.2 Å². The smallest absolute Gasteiger partial charge is 0.227 e. The highest BCUT2D eigenvalue weighted by atomic mass is 32.2. The first-order valence-corrected chi connectivity index (χ1v) is 9.66. The normalized spacial score (nSPS) is 12.6. The number of benzene rings is 2. The molecule has 1 amide bonds. The van der Waals surface area contributed by atoms with Crippen LogP contribution in [0.1, 0.15) is 17.0 Å². The molecule has 0 fully saturated rings. The van der Waals surface area contributed by atoms with Crippen LogP contribution in [0.15, 0.2) is 54.6 Å². The second-order valence-corrected chi connectivity index (χ2v) is 7.97. The molecule has 4 nitrogen and oxygen atoms in total. The van der Waals surface area contributed by atoms with Crippen LogP contribution in [0.4, 0.5) is 4.39 Å². The molecule has 0 saturated heterocycles. The number of halogens is 1. The molecule has 1 unspecified atom stereocenters. The molecule has 0 radical (unpaired) electrons. The number of hydrogen-bond acceptors (Lipinski definition) is 3. The monoisotopic (exact) mass is 349 g/mol. The summed E-state index contributed by atoms with van der Waals surface area (Å²) in [5.74, 6) is -1.25. The Morgan fingerprint density at radius 2 is 1.71 bits per heavy atom. The Bertz CT molecular complexity index is 774. The van der Waals surface area contributed by atoms with E-state index < -0.39 is 15.8 Å². The predicted molar refractivity (Wildman–Crippen MR) is 92.0 cm³/mol. The van der Waals surface area contributed by atoms with E-state index in [1.807, 2.05) is 30.3 Å². The molecule has 6 heteroatoms. The van der Waals surface area contributed by atoms with Crippen molar-refractivity contribution in [1.82, 2.24) is 5.32 Å². The third kappa shape index (κ3) is 5.77. The van der Waals surface area contributed by atoms with Gasteiger partial charge in [-0.15, -0.1) is 0 Å².